The Morgan fingerprint density at radius 2 is 1.76 bits per heavy atom. The van der Waals surface area contributed by atoms with E-state index in [0.29, 0.717) is 4.77 Å². The Labute approximate surface area is 134 Å². The van der Waals surface area contributed by atoms with Crippen LogP contribution in [0.3, 0.4) is 0 Å². The maximum atomic E-state index is 5.94. The van der Waals surface area contributed by atoms with Gasteiger partial charge in [-0.15, -0.1) is 0 Å². The predicted octanol–water partition coefficient (Wildman–Crippen LogP) is 5.47. The lowest BCUT2D eigenvalue weighted by molar-refractivity contribution is 1.03. The van der Waals surface area contributed by atoms with Crippen LogP contribution in [0.4, 0.5) is 0 Å². The molecule has 2 nitrogen and oxygen atoms in total. The highest BCUT2D eigenvalue weighted by molar-refractivity contribution is 7.71. The molecule has 4 heteroatoms. The van der Waals surface area contributed by atoms with Crippen LogP contribution in [0.2, 0.25) is 5.02 Å². The molecular formula is C17H15ClN2S. The van der Waals surface area contributed by atoms with E-state index in [2.05, 4.69) is 37.0 Å². The van der Waals surface area contributed by atoms with Crippen LogP contribution in [-0.2, 0) is 0 Å². The zero-order chi connectivity index (χ0) is 15.0. The van der Waals surface area contributed by atoms with E-state index in [0.717, 1.165) is 16.4 Å². The third kappa shape index (κ3) is 2.80. The van der Waals surface area contributed by atoms with Crippen molar-refractivity contribution in [1.82, 2.24) is 9.55 Å². The smallest absolute Gasteiger partial charge is 0.182 e. The van der Waals surface area contributed by atoms with Crippen LogP contribution in [0.25, 0.3) is 16.9 Å². The second-order valence-electron chi connectivity index (χ2n) is 5.14. The first-order valence-corrected chi connectivity index (χ1v) is 7.48. The monoisotopic (exact) mass is 314 g/mol. The van der Waals surface area contributed by atoms with E-state index in [1.807, 2.05) is 35.0 Å². The average Bonchev–Trinajstić information content (AvgIpc) is 2.84. The van der Waals surface area contributed by atoms with Gasteiger partial charge in [0.2, 0.25) is 0 Å². The molecule has 1 heterocycles. The summed E-state index contributed by atoms with van der Waals surface area (Å²) < 4.78 is 2.64. The minimum absolute atomic E-state index is 0.674. The number of imidazole rings is 1. The molecule has 0 spiro atoms. The van der Waals surface area contributed by atoms with Gasteiger partial charge < -0.3 is 4.98 Å². The van der Waals surface area contributed by atoms with E-state index >= 15 is 0 Å². The second kappa shape index (κ2) is 5.51. The first-order valence-electron chi connectivity index (χ1n) is 6.70. The molecule has 0 aliphatic heterocycles. The van der Waals surface area contributed by atoms with Gasteiger partial charge in [-0.25, -0.2) is 0 Å². The molecule has 3 aromatic rings. The van der Waals surface area contributed by atoms with Gasteiger partial charge in [-0.1, -0.05) is 29.3 Å². The third-order valence-electron chi connectivity index (χ3n) is 3.51. The summed E-state index contributed by atoms with van der Waals surface area (Å²) in [6.45, 7) is 4.19. The van der Waals surface area contributed by atoms with E-state index in [4.69, 9.17) is 23.8 Å². The molecule has 3 rings (SSSR count). The Kier molecular flexibility index (Phi) is 3.70. The minimum atomic E-state index is 0.674. The number of rotatable bonds is 2. The molecule has 106 valence electrons. The number of aryl methyl sites for hydroxylation is 2. The standard InChI is InChI=1S/C17H15ClN2S/c1-11-3-4-12(2)15(9-11)16-10-20(17(21)19-16)14-7-5-13(18)6-8-14/h3-10H,1-2H3,(H,19,21). The van der Waals surface area contributed by atoms with Crippen LogP contribution in [0, 0.1) is 18.6 Å². The average molecular weight is 315 g/mol. The minimum Gasteiger partial charge on any atom is -0.330 e. The van der Waals surface area contributed by atoms with Crippen molar-refractivity contribution < 1.29 is 0 Å². The van der Waals surface area contributed by atoms with Crippen LogP contribution < -0.4 is 0 Å². The highest BCUT2D eigenvalue weighted by Gasteiger charge is 2.07. The van der Waals surface area contributed by atoms with Crippen LogP contribution >= 0.6 is 23.8 Å². The third-order valence-corrected chi connectivity index (χ3v) is 4.06. The van der Waals surface area contributed by atoms with Crippen molar-refractivity contribution >= 4 is 23.8 Å². The summed E-state index contributed by atoms with van der Waals surface area (Å²) in [6, 6.07) is 14.1. The van der Waals surface area contributed by atoms with Gasteiger partial charge in [0, 0.05) is 22.5 Å². The van der Waals surface area contributed by atoms with Gasteiger partial charge in [0.15, 0.2) is 4.77 Å². The second-order valence-corrected chi connectivity index (χ2v) is 5.96. The van der Waals surface area contributed by atoms with Gasteiger partial charge in [0.05, 0.1) is 5.69 Å². The van der Waals surface area contributed by atoms with Gasteiger partial charge in [-0.2, -0.15) is 0 Å². The number of H-pyrrole nitrogens is 1. The fraction of sp³-hybridized carbons (Fsp3) is 0.118. The summed E-state index contributed by atoms with van der Waals surface area (Å²) in [5.74, 6) is 0. The molecule has 0 bridgehead atoms. The van der Waals surface area contributed by atoms with E-state index < -0.39 is 0 Å². The fourth-order valence-electron chi connectivity index (χ4n) is 2.35. The summed E-state index contributed by atoms with van der Waals surface area (Å²) in [4.78, 5) is 3.29. The van der Waals surface area contributed by atoms with Crippen molar-refractivity contribution in [3.05, 3.63) is 69.6 Å². The molecule has 21 heavy (non-hydrogen) atoms. The van der Waals surface area contributed by atoms with Crippen LogP contribution in [-0.4, -0.2) is 9.55 Å². The van der Waals surface area contributed by atoms with Gasteiger partial charge in [-0.05, 0) is 62.0 Å². The molecular weight excluding hydrogens is 300 g/mol. The number of nitrogens with zero attached hydrogens (tertiary/aromatic N) is 1. The lowest BCUT2D eigenvalue weighted by Gasteiger charge is -2.04. The summed E-state index contributed by atoms with van der Waals surface area (Å²) in [5, 5.41) is 0.718. The van der Waals surface area contributed by atoms with E-state index in [9.17, 15) is 0 Å². The molecule has 0 aliphatic rings. The Morgan fingerprint density at radius 3 is 2.48 bits per heavy atom. The SMILES string of the molecule is Cc1ccc(C)c(-c2cn(-c3ccc(Cl)cc3)c(=S)[nH]2)c1. The molecule has 2 aromatic carbocycles. The van der Waals surface area contributed by atoms with E-state index in [1.54, 1.807) is 0 Å². The Hall–Kier alpha value is -1.84. The topological polar surface area (TPSA) is 20.7 Å². The molecule has 0 saturated heterocycles. The van der Waals surface area contributed by atoms with Gasteiger partial charge in [0.25, 0.3) is 0 Å². The normalized spacial score (nSPS) is 10.8. The van der Waals surface area contributed by atoms with Crippen LogP contribution in [0.1, 0.15) is 11.1 Å². The number of benzene rings is 2. The predicted molar refractivity (Wildman–Crippen MR) is 90.9 cm³/mol. The van der Waals surface area contributed by atoms with Crippen molar-refractivity contribution in [2.45, 2.75) is 13.8 Å². The fourth-order valence-corrected chi connectivity index (χ4v) is 2.75. The number of hydrogen-bond donors (Lipinski definition) is 1. The largest absolute Gasteiger partial charge is 0.330 e. The van der Waals surface area contributed by atoms with Gasteiger partial charge in [0.1, 0.15) is 0 Å². The van der Waals surface area contributed by atoms with Crippen molar-refractivity contribution in [3.63, 3.8) is 0 Å². The summed E-state index contributed by atoms with van der Waals surface area (Å²) >= 11 is 11.4. The Balaban J connectivity index is 2.11. The molecule has 0 fully saturated rings. The zero-order valence-corrected chi connectivity index (χ0v) is 13.4. The number of hydrogen-bond acceptors (Lipinski definition) is 1. The number of nitrogens with one attached hydrogen (secondary N) is 1. The van der Waals surface area contributed by atoms with Crippen molar-refractivity contribution in [2.24, 2.45) is 0 Å². The lowest BCUT2D eigenvalue weighted by Crippen LogP contribution is -1.90. The quantitative estimate of drug-likeness (QED) is 0.622. The number of halogens is 1. The summed E-state index contributed by atoms with van der Waals surface area (Å²) in [6.07, 6.45) is 2.04. The van der Waals surface area contributed by atoms with Crippen molar-refractivity contribution in [3.8, 4) is 16.9 Å². The Bertz CT molecular complexity index is 844. The summed E-state index contributed by atoms with van der Waals surface area (Å²) in [7, 11) is 0. The zero-order valence-electron chi connectivity index (χ0n) is 11.9. The van der Waals surface area contributed by atoms with Crippen LogP contribution in [0.5, 0.6) is 0 Å². The molecule has 1 aromatic heterocycles. The molecule has 0 radical (unpaired) electrons. The molecule has 0 aliphatic carbocycles. The van der Waals surface area contributed by atoms with Crippen LogP contribution in [0.15, 0.2) is 48.7 Å². The summed E-state index contributed by atoms with van der Waals surface area (Å²) in [5.41, 5.74) is 5.65. The molecule has 0 saturated carbocycles. The first-order chi connectivity index (χ1) is 10.0. The van der Waals surface area contributed by atoms with E-state index in [1.165, 1.54) is 16.7 Å². The van der Waals surface area contributed by atoms with Gasteiger partial charge in [-0.3, -0.25) is 4.57 Å². The lowest BCUT2D eigenvalue weighted by atomic mass is 10.0. The maximum absolute atomic E-state index is 5.94. The molecule has 0 atom stereocenters. The first kappa shape index (κ1) is 14.1. The Morgan fingerprint density at radius 1 is 1.05 bits per heavy atom. The van der Waals surface area contributed by atoms with Crippen molar-refractivity contribution in [2.75, 3.05) is 0 Å². The molecule has 0 unspecified atom stereocenters. The molecule has 1 N–H and O–H groups in total. The van der Waals surface area contributed by atoms with Gasteiger partial charge >= 0.3 is 0 Å². The van der Waals surface area contributed by atoms with Crippen molar-refractivity contribution in [1.29, 1.82) is 0 Å². The highest BCUT2D eigenvalue weighted by atomic mass is 35.5. The number of aromatic amines is 1. The number of aromatic nitrogens is 2. The highest BCUT2D eigenvalue weighted by Crippen LogP contribution is 2.25. The maximum Gasteiger partial charge on any atom is 0.182 e. The van der Waals surface area contributed by atoms with E-state index in [-0.39, 0.29) is 0 Å². The molecule has 0 amide bonds.